The quantitative estimate of drug-likeness (QED) is 0.527. The highest BCUT2D eigenvalue weighted by molar-refractivity contribution is 6.31. The summed E-state index contributed by atoms with van der Waals surface area (Å²) in [5.41, 5.74) is 3.29. The number of rotatable bonds is 5. The van der Waals surface area contributed by atoms with Gasteiger partial charge >= 0.3 is 0 Å². The van der Waals surface area contributed by atoms with Crippen molar-refractivity contribution in [1.29, 1.82) is 0 Å². The van der Waals surface area contributed by atoms with Crippen molar-refractivity contribution in [3.8, 4) is 11.4 Å². The molecule has 4 aromatic rings. The van der Waals surface area contributed by atoms with Crippen molar-refractivity contribution in [3.63, 3.8) is 0 Å². The summed E-state index contributed by atoms with van der Waals surface area (Å²) < 4.78 is 1.27. The number of nitrogens with one attached hydrogen (secondary N) is 1. The van der Waals surface area contributed by atoms with Gasteiger partial charge in [-0.2, -0.15) is 9.67 Å². The van der Waals surface area contributed by atoms with Crippen LogP contribution >= 0.6 is 11.6 Å². The third-order valence-electron chi connectivity index (χ3n) is 4.41. The molecule has 0 radical (unpaired) electrons. The van der Waals surface area contributed by atoms with Gasteiger partial charge in [0, 0.05) is 29.5 Å². The smallest absolute Gasteiger partial charge is 0.282 e. The molecule has 4 rings (SSSR count). The van der Waals surface area contributed by atoms with Gasteiger partial charge in [0.1, 0.15) is 0 Å². The van der Waals surface area contributed by atoms with Crippen molar-refractivity contribution in [1.82, 2.24) is 19.7 Å². The Morgan fingerprint density at radius 2 is 1.86 bits per heavy atom. The first-order chi connectivity index (χ1) is 14.1. The van der Waals surface area contributed by atoms with E-state index in [0.29, 0.717) is 28.9 Å². The maximum Gasteiger partial charge on any atom is 0.282 e. The molecule has 0 fully saturated rings. The van der Waals surface area contributed by atoms with Crippen molar-refractivity contribution in [2.45, 2.75) is 13.5 Å². The highest BCUT2D eigenvalue weighted by Gasteiger charge is 2.19. The first-order valence-electron chi connectivity index (χ1n) is 9.08. The van der Waals surface area contributed by atoms with Gasteiger partial charge in [-0.15, -0.1) is 5.10 Å². The number of nitrogens with zero attached hydrogens (tertiary/aromatic N) is 4. The number of halogens is 1. The van der Waals surface area contributed by atoms with E-state index in [4.69, 9.17) is 11.6 Å². The summed E-state index contributed by atoms with van der Waals surface area (Å²) in [6.07, 6.45) is 3.12. The van der Waals surface area contributed by atoms with Gasteiger partial charge in [-0.25, -0.2) is 0 Å². The van der Waals surface area contributed by atoms with Crippen LogP contribution in [0.3, 0.4) is 0 Å². The SMILES string of the molecule is Cc1ccc(-c2nc(NCc3ccccc3Cl)n(C(=O)c3cccnc3)n2)cc1. The number of aryl methyl sites for hydroxylation is 1. The molecule has 0 aliphatic heterocycles. The number of anilines is 1. The van der Waals surface area contributed by atoms with Gasteiger partial charge in [-0.3, -0.25) is 9.78 Å². The fourth-order valence-corrected chi connectivity index (χ4v) is 3.02. The first-order valence-corrected chi connectivity index (χ1v) is 9.46. The van der Waals surface area contributed by atoms with Gasteiger partial charge in [-0.05, 0) is 30.7 Å². The zero-order valence-corrected chi connectivity index (χ0v) is 16.5. The molecule has 0 spiro atoms. The molecule has 0 aliphatic rings. The molecule has 0 atom stereocenters. The molecule has 0 bridgehead atoms. The van der Waals surface area contributed by atoms with Gasteiger partial charge < -0.3 is 5.32 Å². The first kappa shape index (κ1) is 18.8. The van der Waals surface area contributed by atoms with Crippen LogP contribution in [0.25, 0.3) is 11.4 Å². The van der Waals surface area contributed by atoms with Crippen molar-refractivity contribution in [2.24, 2.45) is 0 Å². The van der Waals surface area contributed by atoms with Crippen LogP contribution in [0, 0.1) is 6.92 Å². The molecule has 7 heteroatoms. The Morgan fingerprint density at radius 1 is 1.07 bits per heavy atom. The zero-order valence-electron chi connectivity index (χ0n) is 15.7. The van der Waals surface area contributed by atoms with Crippen LogP contribution in [0.15, 0.2) is 73.1 Å². The monoisotopic (exact) mass is 403 g/mol. The minimum absolute atomic E-state index is 0.314. The summed E-state index contributed by atoms with van der Waals surface area (Å²) in [6.45, 7) is 2.42. The predicted molar refractivity (Wildman–Crippen MR) is 113 cm³/mol. The molecule has 144 valence electrons. The molecule has 6 nitrogen and oxygen atoms in total. The van der Waals surface area contributed by atoms with Gasteiger partial charge in [0.25, 0.3) is 5.91 Å². The van der Waals surface area contributed by atoms with Crippen LogP contribution in [0.1, 0.15) is 21.5 Å². The third-order valence-corrected chi connectivity index (χ3v) is 4.78. The van der Waals surface area contributed by atoms with Gasteiger partial charge in [0.15, 0.2) is 5.82 Å². The minimum Gasteiger partial charge on any atom is -0.350 e. The summed E-state index contributed by atoms with van der Waals surface area (Å²) in [5.74, 6) is 0.490. The fourth-order valence-electron chi connectivity index (χ4n) is 2.82. The average molecular weight is 404 g/mol. The molecule has 2 aromatic heterocycles. The average Bonchev–Trinajstić information content (AvgIpc) is 3.18. The highest BCUT2D eigenvalue weighted by atomic mass is 35.5. The van der Waals surface area contributed by atoms with E-state index >= 15 is 0 Å². The van der Waals surface area contributed by atoms with E-state index in [2.05, 4.69) is 20.4 Å². The standard InChI is InChI=1S/C22H18ClN5O/c1-15-8-10-16(11-9-15)20-26-22(25-14-17-5-2-3-7-19(17)23)28(27-20)21(29)18-6-4-12-24-13-18/h2-13H,14H2,1H3,(H,25,26,27). The Hall–Kier alpha value is -3.51. The number of benzene rings is 2. The summed E-state index contributed by atoms with van der Waals surface area (Å²) in [4.78, 5) is 21.6. The lowest BCUT2D eigenvalue weighted by molar-refractivity contribution is 0.0947. The Balaban J connectivity index is 1.70. The van der Waals surface area contributed by atoms with E-state index in [1.807, 2.05) is 55.5 Å². The van der Waals surface area contributed by atoms with Crippen LogP contribution in [-0.4, -0.2) is 25.7 Å². The fraction of sp³-hybridized carbons (Fsp3) is 0.0909. The van der Waals surface area contributed by atoms with Gasteiger partial charge in [0.05, 0.1) is 5.56 Å². The van der Waals surface area contributed by atoms with Crippen molar-refractivity contribution in [2.75, 3.05) is 5.32 Å². The number of hydrogen-bond acceptors (Lipinski definition) is 5. The maximum atomic E-state index is 13.0. The number of hydrogen-bond donors (Lipinski definition) is 1. The topological polar surface area (TPSA) is 72.7 Å². The second-order valence-electron chi connectivity index (χ2n) is 6.53. The van der Waals surface area contributed by atoms with Crippen molar-refractivity contribution < 1.29 is 4.79 Å². The van der Waals surface area contributed by atoms with Crippen LogP contribution in [0.2, 0.25) is 5.02 Å². The number of carbonyl (C=O) groups excluding carboxylic acids is 1. The lowest BCUT2D eigenvalue weighted by atomic mass is 10.1. The molecule has 0 amide bonds. The summed E-state index contributed by atoms with van der Waals surface area (Å²) in [6, 6.07) is 18.8. The zero-order chi connectivity index (χ0) is 20.2. The Morgan fingerprint density at radius 3 is 2.59 bits per heavy atom. The summed E-state index contributed by atoms with van der Waals surface area (Å²) in [5, 5.41) is 8.28. The normalized spacial score (nSPS) is 10.7. The molecule has 0 aliphatic carbocycles. The largest absolute Gasteiger partial charge is 0.350 e. The van der Waals surface area contributed by atoms with Crippen molar-refractivity contribution >= 4 is 23.5 Å². The van der Waals surface area contributed by atoms with E-state index in [0.717, 1.165) is 16.7 Å². The Bertz CT molecular complexity index is 1140. The van der Waals surface area contributed by atoms with E-state index in [1.165, 1.54) is 10.9 Å². The van der Waals surface area contributed by atoms with E-state index in [-0.39, 0.29) is 5.91 Å². The molecular formula is C22H18ClN5O. The molecule has 1 N–H and O–H groups in total. The van der Waals surface area contributed by atoms with Crippen molar-refractivity contribution in [3.05, 3.63) is 94.8 Å². The summed E-state index contributed by atoms with van der Waals surface area (Å²) in [7, 11) is 0. The third kappa shape index (κ3) is 4.17. The van der Waals surface area contributed by atoms with Crippen LogP contribution in [-0.2, 0) is 6.54 Å². The highest BCUT2D eigenvalue weighted by Crippen LogP contribution is 2.21. The van der Waals surface area contributed by atoms with E-state index < -0.39 is 0 Å². The molecule has 0 unspecified atom stereocenters. The second kappa shape index (κ2) is 8.24. The number of carbonyl (C=O) groups is 1. The molecule has 0 saturated heterocycles. The molecule has 2 aromatic carbocycles. The molecule has 2 heterocycles. The number of pyridine rings is 1. The Kier molecular flexibility index (Phi) is 5.35. The van der Waals surface area contributed by atoms with Crippen LogP contribution in [0.4, 0.5) is 5.95 Å². The van der Waals surface area contributed by atoms with E-state index in [9.17, 15) is 4.79 Å². The minimum atomic E-state index is -0.314. The molecular weight excluding hydrogens is 386 g/mol. The summed E-state index contributed by atoms with van der Waals surface area (Å²) >= 11 is 6.25. The lowest BCUT2D eigenvalue weighted by Gasteiger charge is -2.08. The maximum absolute atomic E-state index is 13.0. The predicted octanol–water partition coefficient (Wildman–Crippen LogP) is 4.60. The molecule has 29 heavy (non-hydrogen) atoms. The van der Waals surface area contributed by atoms with Crippen LogP contribution < -0.4 is 5.32 Å². The second-order valence-corrected chi connectivity index (χ2v) is 6.94. The van der Waals surface area contributed by atoms with E-state index in [1.54, 1.807) is 18.3 Å². The van der Waals surface area contributed by atoms with Crippen LogP contribution in [0.5, 0.6) is 0 Å². The van der Waals surface area contributed by atoms with Gasteiger partial charge in [0.2, 0.25) is 5.95 Å². The Labute approximate surface area is 173 Å². The molecule has 0 saturated carbocycles. The lowest BCUT2D eigenvalue weighted by Crippen LogP contribution is -2.17. The van der Waals surface area contributed by atoms with Gasteiger partial charge in [-0.1, -0.05) is 59.6 Å². The number of aromatic nitrogens is 4.